The SMILES string of the molecule is COc1cc(F)c(-c2ccc(C(=O)O)cc2)cc1C(=O)N[C@@H]1[C@H]2CC[C@H](C2)[C@@H]1C(=O)N[C@H]1CCCN(S(=O)(=O)C(F)(F)F)C1. The Morgan fingerprint density at radius 1 is 1.02 bits per heavy atom. The summed E-state index contributed by atoms with van der Waals surface area (Å²) in [7, 11) is -4.26. The van der Waals surface area contributed by atoms with Crippen LogP contribution in [-0.4, -0.2) is 73.4 Å². The molecule has 2 aliphatic carbocycles. The van der Waals surface area contributed by atoms with Gasteiger partial charge in [-0.1, -0.05) is 12.1 Å². The van der Waals surface area contributed by atoms with Crippen LogP contribution >= 0.6 is 0 Å². The monoisotopic (exact) mass is 641 g/mol. The van der Waals surface area contributed by atoms with Crippen LogP contribution in [0.25, 0.3) is 11.1 Å². The number of carbonyl (C=O) groups excluding carboxylic acids is 2. The number of carbonyl (C=O) groups is 3. The van der Waals surface area contributed by atoms with Gasteiger partial charge in [-0.25, -0.2) is 17.6 Å². The van der Waals surface area contributed by atoms with E-state index < -0.39 is 63.7 Å². The molecule has 2 aromatic rings. The number of carboxylic acid groups (broad SMARTS) is 1. The van der Waals surface area contributed by atoms with Gasteiger partial charge in [0.15, 0.2) is 0 Å². The highest BCUT2D eigenvalue weighted by atomic mass is 32.2. The Morgan fingerprint density at radius 2 is 1.70 bits per heavy atom. The number of amides is 2. The van der Waals surface area contributed by atoms with Crippen LogP contribution < -0.4 is 15.4 Å². The molecule has 1 heterocycles. The molecule has 2 bridgehead atoms. The quantitative estimate of drug-likeness (QED) is 0.373. The fourth-order valence-electron chi connectivity index (χ4n) is 6.74. The standard InChI is InChI=1S/C29H31F4N3O7S/c1-43-23-13-22(30)20(15-4-6-16(7-5-15)28(39)40)12-21(23)26(37)35-25-18-9-8-17(11-18)24(25)27(38)34-19-3-2-10-36(14-19)44(41,42)29(31,32)33/h4-7,12-13,17-19,24-25H,2-3,8-11,14H2,1H3,(H,34,38)(H,35,37)(H,39,40)/t17-,18+,19+,24+,25-/m1/s1. The highest BCUT2D eigenvalue weighted by Gasteiger charge is 2.53. The molecule has 2 amide bonds. The van der Waals surface area contributed by atoms with Gasteiger partial charge in [-0.05, 0) is 67.7 Å². The number of fused-ring (bicyclic) bond motifs is 2. The average molecular weight is 642 g/mol. The van der Waals surface area contributed by atoms with Crippen molar-refractivity contribution in [3.63, 3.8) is 0 Å². The summed E-state index contributed by atoms with van der Waals surface area (Å²) in [6, 6.07) is 6.35. The summed E-state index contributed by atoms with van der Waals surface area (Å²) in [4.78, 5) is 38.3. The molecule has 0 unspecified atom stereocenters. The number of halogens is 4. The Labute approximate surface area is 250 Å². The average Bonchev–Trinajstić information content (AvgIpc) is 3.58. The number of rotatable bonds is 8. The number of nitrogens with one attached hydrogen (secondary N) is 2. The predicted octanol–water partition coefficient (Wildman–Crippen LogP) is 3.77. The molecule has 0 aromatic heterocycles. The Kier molecular flexibility index (Phi) is 8.64. The summed E-state index contributed by atoms with van der Waals surface area (Å²) in [6.45, 7) is -0.805. The van der Waals surface area contributed by atoms with E-state index in [-0.39, 0.29) is 47.2 Å². The number of aromatic carboxylic acids is 1. The fraction of sp³-hybridized carbons (Fsp3) is 0.483. The minimum atomic E-state index is -5.53. The predicted molar refractivity (Wildman–Crippen MR) is 149 cm³/mol. The van der Waals surface area contributed by atoms with Gasteiger partial charge in [0.1, 0.15) is 11.6 Å². The van der Waals surface area contributed by atoms with E-state index in [1.54, 1.807) is 0 Å². The second-order valence-corrected chi connectivity index (χ2v) is 13.4. The van der Waals surface area contributed by atoms with Crippen molar-refractivity contribution in [2.24, 2.45) is 17.8 Å². The second kappa shape index (κ2) is 12.0. The fourth-order valence-corrected chi connectivity index (χ4v) is 7.78. The number of nitrogens with zero attached hydrogens (tertiary/aromatic N) is 1. The van der Waals surface area contributed by atoms with Crippen LogP contribution in [0.5, 0.6) is 5.75 Å². The smallest absolute Gasteiger partial charge is 0.496 e. The molecule has 10 nitrogen and oxygen atoms in total. The molecular weight excluding hydrogens is 610 g/mol. The van der Waals surface area contributed by atoms with E-state index in [4.69, 9.17) is 9.84 Å². The molecule has 2 aromatic carbocycles. The molecule has 15 heteroatoms. The molecule has 2 saturated carbocycles. The Balaban J connectivity index is 1.34. The van der Waals surface area contributed by atoms with E-state index in [1.807, 2.05) is 0 Å². The second-order valence-electron chi connectivity index (χ2n) is 11.4. The minimum absolute atomic E-state index is 0.00384. The summed E-state index contributed by atoms with van der Waals surface area (Å²) in [5, 5.41) is 14.8. The van der Waals surface area contributed by atoms with Gasteiger partial charge >= 0.3 is 21.5 Å². The maximum Gasteiger partial charge on any atom is 0.511 e. The lowest BCUT2D eigenvalue weighted by Gasteiger charge is -2.35. The third kappa shape index (κ3) is 5.99. The first-order valence-corrected chi connectivity index (χ1v) is 15.5. The van der Waals surface area contributed by atoms with Crippen molar-refractivity contribution >= 4 is 27.8 Å². The van der Waals surface area contributed by atoms with Crippen molar-refractivity contribution in [3.05, 3.63) is 53.3 Å². The largest absolute Gasteiger partial charge is 0.511 e. The van der Waals surface area contributed by atoms with Crippen molar-refractivity contribution in [2.45, 2.75) is 49.7 Å². The van der Waals surface area contributed by atoms with E-state index in [9.17, 15) is 36.0 Å². The number of benzene rings is 2. The van der Waals surface area contributed by atoms with Crippen molar-refractivity contribution in [3.8, 4) is 16.9 Å². The lowest BCUT2D eigenvalue weighted by molar-refractivity contribution is -0.128. The Bertz CT molecular complexity index is 1570. The van der Waals surface area contributed by atoms with Crippen LogP contribution in [0.15, 0.2) is 36.4 Å². The zero-order valence-electron chi connectivity index (χ0n) is 23.6. The van der Waals surface area contributed by atoms with Gasteiger partial charge < -0.3 is 20.5 Å². The Morgan fingerprint density at radius 3 is 2.34 bits per heavy atom. The molecule has 3 fully saturated rings. The number of methoxy groups -OCH3 is 1. The zero-order valence-corrected chi connectivity index (χ0v) is 24.4. The first-order valence-electron chi connectivity index (χ1n) is 14.1. The summed E-state index contributed by atoms with van der Waals surface area (Å²) in [5.41, 5.74) is -5.08. The van der Waals surface area contributed by atoms with Gasteiger partial charge in [0.05, 0.1) is 24.2 Å². The molecule has 0 spiro atoms. The lowest BCUT2D eigenvalue weighted by atomic mass is 9.83. The van der Waals surface area contributed by atoms with Crippen LogP contribution in [0.3, 0.4) is 0 Å². The van der Waals surface area contributed by atoms with Gasteiger partial charge in [0, 0.05) is 36.8 Å². The number of hydrogen-bond donors (Lipinski definition) is 3. The highest BCUT2D eigenvalue weighted by Crippen LogP contribution is 2.49. The van der Waals surface area contributed by atoms with Crippen LogP contribution in [-0.2, 0) is 14.8 Å². The van der Waals surface area contributed by atoms with E-state index in [2.05, 4.69) is 10.6 Å². The molecule has 5 atom stereocenters. The lowest BCUT2D eigenvalue weighted by Crippen LogP contribution is -2.56. The highest BCUT2D eigenvalue weighted by molar-refractivity contribution is 7.90. The summed E-state index contributed by atoms with van der Waals surface area (Å²) in [6.07, 6.45) is 2.58. The van der Waals surface area contributed by atoms with Crippen LogP contribution in [0.1, 0.15) is 52.8 Å². The molecular formula is C29H31F4N3O7S. The van der Waals surface area contributed by atoms with Crippen LogP contribution in [0.4, 0.5) is 17.6 Å². The van der Waals surface area contributed by atoms with Crippen LogP contribution in [0.2, 0.25) is 0 Å². The van der Waals surface area contributed by atoms with Gasteiger partial charge in [-0.15, -0.1) is 0 Å². The maximum atomic E-state index is 15.0. The Hall–Kier alpha value is -3.72. The summed E-state index contributed by atoms with van der Waals surface area (Å²) >= 11 is 0. The van der Waals surface area contributed by atoms with Crippen molar-refractivity contribution in [1.29, 1.82) is 0 Å². The van der Waals surface area contributed by atoms with Gasteiger partial charge in [0.25, 0.3) is 5.91 Å². The minimum Gasteiger partial charge on any atom is -0.496 e. The normalized spacial score (nSPS) is 25.4. The topological polar surface area (TPSA) is 142 Å². The maximum absolute atomic E-state index is 15.0. The molecule has 1 aliphatic heterocycles. The molecule has 1 saturated heterocycles. The van der Waals surface area contributed by atoms with Gasteiger partial charge in [0.2, 0.25) is 5.91 Å². The van der Waals surface area contributed by atoms with Crippen molar-refractivity contribution < 1.29 is 50.2 Å². The molecule has 3 N–H and O–H groups in total. The van der Waals surface area contributed by atoms with Gasteiger partial charge in [-0.2, -0.15) is 17.5 Å². The molecule has 0 radical (unpaired) electrons. The number of ether oxygens (including phenoxy) is 1. The van der Waals surface area contributed by atoms with E-state index in [0.29, 0.717) is 22.7 Å². The van der Waals surface area contributed by atoms with E-state index in [1.165, 1.54) is 37.4 Å². The molecule has 44 heavy (non-hydrogen) atoms. The first kappa shape index (κ1) is 31.7. The van der Waals surface area contributed by atoms with Crippen LogP contribution in [0, 0.1) is 23.6 Å². The number of carboxylic acids is 1. The van der Waals surface area contributed by atoms with Gasteiger partial charge in [-0.3, -0.25) is 9.59 Å². The summed E-state index contributed by atoms with van der Waals surface area (Å²) in [5.74, 6) is -3.81. The van der Waals surface area contributed by atoms with Crippen molar-refractivity contribution in [2.75, 3.05) is 20.2 Å². The number of alkyl halides is 3. The number of sulfonamides is 1. The number of hydrogen-bond acceptors (Lipinski definition) is 6. The molecule has 238 valence electrons. The van der Waals surface area contributed by atoms with Crippen molar-refractivity contribution in [1.82, 2.24) is 14.9 Å². The van der Waals surface area contributed by atoms with E-state index in [0.717, 1.165) is 18.9 Å². The third-order valence-corrected chi connectivity index (χ3v) is 10.5. The number of piperidine rings is 1. The third-order valence-electron chi connectivity index (χ3n) is 8.86. The first-order chi connectivity index (χ1) is 20.7. The van der Waals surface area contributed by atoms with E-state index >= 15 is 4.39 Å². The molecule has 3 aliphatic rings. The summed E-state index contributed by atoms with van der Waals surface area (Å²) < 4.78 is 83.8. The molecule has 5 rings (SSSR count). The zero-order chi connectivity index (χ0) is 32.0.